The Hall–Kier alpha value is -0.530. The first-order chi connectivity index (χ1) is 9.50. The first kappa shape index (κ1) is 14.4. The molecule has 0 bridgehead atoms. The van der Waals surface area contributed by atoms with Crippen LogP contribution < -0.4 is 0 Å². The summed E-state index contributed by atoms with van der Waals surface area (Å²) in [6.07, 6.45) is 3.73. The standard InChI is InChI=1S/C18H23ClS/c1-12-7-8-14(16(19)11-12)18(2,3)15-6-4-5-13-9-10-20-17(13)15/h4-6,9-10,12,14,16H,7-8,11H2,1-3H3. The van der Waals surface area contributed by atoms with E-state index in [0.29, 0.717) is 11.3 Å². The third-order valence-corrected chi connectivity index (χ3v) is 6.58. The molecule has 1 fully saturated rings. The maximum absolute atomic E-state index is 6.74. The Morgan fingerprint density at radius 3 is 2.75 bits per heavy atom. The molecule has 2 aromatic rings. The number of hydrogen-bond acceptors (Lipinski definition) is 1. The van der Waals surface area contributed by atoms with Gasteiger partial charge in [-0.1, -0.05) is 45.4 Å². The average Bonchev–Trinajstić information content (AvgIpc) is 2.85. The fourth-order valence-corrected chi connectivity index (χ4v) is 5.65. The van der Waals surface area contributed by atoms with Crippen molar-refractivity contribution >= 4 is 33.0 Å². The van der Waals surface area contributed by atoms with Crippen molar-refractivity contribution in [3.8, 4) is 0 Å². The maximum atomic E-state index is 6.74. The lowest BCUT2D eigenvalue weighted by molar-refractivity contribution is 0.209. The van der Waals surface area contributed by atoms with Crippen LogP contribution in [0.25, 0.3) is 10.1 Å². The molecule has 1 aliphatic rings. The molecule has 1 saturated carbocycles. The molecule has 1 aromatic heterocycles. The zero-order chi connectivity index (χ0) is 14.3. The number of halogens is 1. The second-order valence-corrected chi connectivity index (χ2v) is 8.38. The molecular weight excluding hydrogens is 284 g/mol. The minimum atomic E-state index is 0.150. The molecule has 2 heteroatoms. The third-order valence-electron chi connectivity index (χ3n) is 5.13. The molecule has 0 amide bonds. The van der Waals surface area contributed by atoms with Crippen molar-refractivity contribution in [1.82, 2.24) is 0 Å². The summed E-state index contributed by atoms with van der Waals surface area (Å²) in [7, 11) is 0. The largest absolute Gasteiger partial charge is 0.144 e. The Bertz CT molecular complexity index is 598. The van der Waals surface area contributed by atoms with E-state index in [0.717, 1.165) is 12.3 Å². The lowest BCUT2D eigenvalue weighted by Gasteiger charge is -2.42. The molecule has 0 radical (unpaired) electrons. The summed E-state index contributed by atoms with van der Waals surface area (Å²) >= 11 is 8.60. The molecule has 0 aliphatic heterocycles. The molecule has 1 heterocycles. The Kier molecular flexibility index (Phi) is 3.85. The molecule has 3 rings (SSSR count). The van der Waals surface area contributed by atoms with E-state index in [1.165, 1.54) is 28.5 Å². The smallest absolute Gasteiger partial charge is 0.0380 e. The SMILES string of the molecule is CC1CCC(C(C)(C)c2cccc3ccsc23)C(Cl)C1. The minimum Gasteiger partial charge on any atom is -0.144 e. The Balaban J connectivity index is 2.01. The molecule has 0 saturated heterocycles. The van der Waals surface area contributed by atoms with Crippen molar-refractivity contribution in [2.45, 2.75) is 50.8 Å². The van der Waals surface area contributed by atoms with Crippen LogP contribution in [0.3, 0.4) is 0 Å². The monoisotopic (exact) mass is 306 g/mol. The van der Waals surface area contributed by atoms with Crippen LogP contribution >= 0.6 is 22.9 Å². The van der Waals surface area contributed by atoms with Gasteiger partial charge in [-0.05, 0) is 52.5 Å². The van der Waals surface area contributed by atoms with Crippen molar-refractivity contribution in [1.29, 1.82) is 0 Å². The molecule has 108 valence electrons. The van der Waals surface area contributed by atoms with Crippen LogP contribution in [-0.2, 0) is 5.41 Å². The first-order valence-electron chi connectivity index (χ1n) is 7.61. The van der Waals surface area contributed by atoms with E-state index >= 15 is 0 Å². The van der Waals surface area contributed by atoms with E-state index in [1.807, 2.05) is 11.3 Å². The summed E-state index contributed by atoms with van der Waals surface area (Å²) in [5, 5.41) is 3.88. The van der Waals surface area contributed by atoms with Crippen LogP contribution in [0.4, 0.5) is 0 Å². The fourth-order valence-electron chi connectivity index (χ4n) is 3.82. The van der Waals surface area contributed by atoms with Crippen LogP contribution in [-0.4, -0.2) is 5.38 Å². The maximum Gasteiger partial charge on any atom is 0.0380 e. The summed E-state index contributed by atoms with van der Waals surface area (Å²) in [6.45, 7) is 7.10. The summed E-state index contributed by atoms with van der Waals surface area (Å²) in [4.78, 5) is 0. The number of thiophene rings is 1. The van der Waals surface area contributed by atoms with Crippen LogP contribution in [0, 0.1) is 11.8 Å². The third kappa shape index (κ3) is 2.40. The molecule has 0 spiro atoms. The van der Waals surface area contributed by atoms with Gasteiger partial charge in [0.1, 0.15) is 0 Å². The molecule has 1 aliphatic carbocycles. The topological polar surface area (TPSA) is 0 Å². The highest BCUT2D eigenvalue weighted by atomic mass is 35.5. The van der Waals surface area contributed by atoms with Crippen molar-refractivity contribution in [3.63, 3.8) is 0 Å². The van der Waals surface area contributed by atoms with E-state index in [4.69, 9.17) is 11.6 Å². The Labute approximate surface area is 131 Å². The predicted molar refractivity (Wildman–Crippen MR) is 91.0 cm³/mol. The van der Waals surface area contributed by atoms with Gasteiger partial charge < -0.3 is 0 Å². The molecule has 1 aromatic carbocycles. The van der Waals surface area contributed by atoms with Gasteiger partial charge in [0, 0.05) is 10.1 Å². The molecule has 0 N–H and O–H groups in total. The lowest BCUT2D eigenvalue weighted by atomic mass is 9.65. The summed E-state index contributed by atoms with van der Waals surface area (Å²) < 4.78 is 1.44. The number of fused-ring (bicyclic) bond motifs is 1. The average molecular weight is 307 g/mol. The lowest BCUT2D eigenvalue weighted by Crippen LogP contribution is -2.38. The van der Waals surface area contributed by atoms with E-state index in [9.17, 15) is 0 Å². The normalized spacial score (nSPS) is 27.9. The van der Waals surface area contributed by atoms with Gasteiger partial charge >= 0.3 is 0 Å². The molecule has 3 unspecified atom stereocenters. The highest BCUT2D eigenvalue weighted by molar-refractivity contribution is 7.17. The fraction of sp³-hybridized carbons (Fsp3) is 0.556. The van der Waals surface area contributed by atoms with E-state index in [1.54, 1.807) is 0 Å². The zero-order valence-corrected chi connectivity index (χ0v) is 14.1. The van der Waals surface area contributed by atoms with Crippen molar-refractivity contribution in [3.05, 3.63) is 35.2 Å². The number of benzene rings is 1. The summed E-state index contributed by atoms with van der Waals surface area (Å²) in [6, 6.07) is 8.94. The number of alkyl halides is 1. The summed E-state index contributed by atoms with van der Waals surface area (Å²) in [5.74, 6) is 1.36. The highest BCUT2D eigenvalue weighted by Gasteiger charge is 2.39. The van der Waals surface area contributed by atoms with Gasteiger partial charge in [-0.3, -0.25) is 0 Å². The van der Waals surface area contributed by atoms with Gasteiger partial charge in [0.25, 0.3) is 0 Å². The van der Waals surface area contributed by atoms with Crippen LogP contribution in [0.2, 0.25) is 0 Å². The van der Waals surface area contributed by atoms with E-state index in [-0.39, 0.29) is 5.41 Å². The van der Waals surface area contributed by atoms with Crippen molar-refractivity contribution < 1.29 is 0 Å². The van der Waals surface area contributed by atoms with Gasteiger partial charge in [0.2, 0.25) is 0 Å². The van der Waals surface area contributed by atoms with Crippen molar-refractivity contribution in [2.24, 2.45) is 11.8 Å². The second-order valence-electron chi connectivity index (χ2n) is 6.91. The van der Waals surface area contributed by atoms with E-state index < -0.39 is 0 Å². The Morgan fingerprint density at radius 2 is 2.00 bits per heavy atom. The number of hydrogen-bond donors (Lipinski definition) is 0. The van der Waals surface area contributed by atoms with E-state index in [2.05, 4.69) is 50.4 Å². The predicted octanol–water partition coefficient (Wildman–Crippen LogP) is 6.22. The number of rotatable bonds is 2. The van der Waals surface area contributed by atoms with Crippen LogP contribution in [0.5, 0.6) is 0 Å². The molecular formula is C18H23ClS. The van der Waals surface area contributed by atoms with Gasteiger partial charge in [0.15, 0.2) is 0 Å². The quantitative estimate of drug-likeness (QED) is 0.577. The van der Waals surface area contributed by atoms with Crippen LogP contribution in [0.15, 0.2) is 29.6 Å². The Morgan fingerprint density at radius 1 is 1.20 bits per heavy atom. The first-order valence-corrected chi connectivity index (χ1v) is 8.92. The van der Waals surface area contributed by atoms with Gasteiger partial charge in [-0.15, -0.1) is 22.9 Å². The van der Waals surface area contributed by atoms with Gasteiger partial charge in [-0.25, -0.2) is 0 Å². The highest BCUT2D eigenvalue weighted by Crippen LogP contribution is 2.46. The molecule has 3 atom stereocenters. The molecule has 0 nitrogen and oxygen atoms in total. The second kappa shape index (κ2) is 5.35. The van der Waals surface area contributed by atoms with Gasteiger partial charge in [-0.2, -0.15) is 0 Å². The molecule has 20 heavy (non-hydrogen) atoms. The van der Waals surface area contributed by atoms with Crippen LogP contribution in [0.1, 0.15) is 45.6 Å². The minimum absolute atomic E-state index is 0.150. The summed E-state index contributed by atoms with van der Waals surface area (Å²) in [5.41, 5.74) is 1.63. The van der Waals surface area contributed by atoms with Gasteiger partial charge in [0.05, 0.1) is 0 Å². The van der Waals surface area contributed by atoms with Crippen molar-refractivity contribution in [2.75, 3.05) is 0 Å². The zero-order valence-electron chi connectivity index (χ0n) is 12.5.